The molecule has 2 saturated heterocycles. The van der Waals surface area contributed by atoms with Crippen LogP contribution in [0.15, 0.2) is 0 Å². The van der Waals surface area contributed by atoms with Gasteiger partial charge in [0.15, 0.2) is 0 Å². The van der Waals surface area contributed by atoms with Crippen molar-refractivity contribution >= 4 is 18.3 Å². The lowest BCUT2D eigenvalue weighted by molar-refractivity contribution is -0.129. The molecule has 4 nitrogen and oxygen atoms in total. The average molecular weight is 249 g/mol. The number of nitrogens with zero attached hydrogens (tertiary/aromatic N) is 1. The Bertz CT molecular complexity index is 214. The lowest BCUT2D eigenvalue weighted by Crippen LogP contribution is -2.38. The summed E-state index contributed by atoms with van der Waals surface area (Å²) >= 11 is 0. The zero-order valence-corrected chi connectivity index (χ0v) is 10.4. The van der Waals surface area contributed by atoms with Crippen molar-refractivity contribution in [2.45, 2.75) is 31.8 Å². The van der Waals surface area contributed by atoms with Gasteiger partial charge in [-0.15, -0.1) is 12.4 Å². The molecule has 0 aromatic carbocycles. The molecule has 94 valence electrons. The fourth-order valence-corrected chi connectivity index (χ4v) is 2.22. The predicted octanol–water partition coefficient (Wildman–Crippen LogP) is 0.799. The number of carbonyl (C=O) groups excluding carboxylic acids is 1. The van der Waals surface area contributed by atoms with E-state index in [-0.39, 0.29) is 18.3 Å². The van der Waals surface area contributed by atoms with Gasteiger partial charge in [-0.3, -0.25) is 4.79 Å². The van der Waals surface area contributed by atoms with Gasteiger partial charge in [-0.2, -0.15) is 0 Å². The molecule has 2 fully saturated rings. The van der Waals surface area contributed by atoms with Crippen molar-refractivity contribution in [3.8, 4) is 0 Å². The minimum Gasteiger partial charge on any atom is -0.377 e. The van der Waals surface area contributed by atoms with Crippen molar-refractivity contribution in [3.63, 3.8) is 0 Å². The third kappa shape index (κ3) is 3.92. The van der Waals surface area contributed by atoms with E-state index in [4.69, 9.17) is 4.74 Å². The van der Waals surface area contributed by atoms with Crippen LogP contribution in [0.25, 0.3) is 0 Å². The van der Waals surface area contributed by atoms with Crippen molar-refractivity contribution in [2.24, 2.45) is 0 Å². The maximum atomic E-state index is 11.6. The van der Waals surface area contributed by atoms with Crippen LogP contribution in [-0.2, 0) is 9.53 Å². The molecule has 2 aliphatic heterocycles. The van der Waals surface area contributed by atoms with Crippen LogP contribution in [0.2, 0.25) is 0 Å². The van der Waals surface area contributed by atoms with Gasteiger partial charge in [0, 0.05) is 26.2 Å². The van der Waals surface area contributed by atoms with Crippen LogP contribution in [0.1, 0.15) is 25.7 Å². The zero-order chi connectivity index (χ0) is 10.5. The maximum Gasteiger partial charge on any atom is 0.236 e. The Morgan fingerprint density at radius 2 is 2.06 bits per heavy atom. The molecule has 2 heterocycles. The van der Waals surface area contributed by atoms with Gasteiger partial charge >= 0.3 is 0 Å². The SMILES string of the molecule is Cl.O=C(CNCC1CCCO1)N1CCCC1. The summed E-state index contributed by atoms with van der Waals surface area (Å²) in [5.41, 5.74) is 0. The highest BCUT2D eigenvalue weighted by Crippen LogP contribution is 2.10. The Balaban J connectivity index is 0.00000128. The number of rotatable bonds is 4. The second-order valence-electron chi connectivity index (χ2n) is 4.35. The van der Waals surface area contributed by atoms with E-state index in [0.29, 0.717) is 12.6 Å². The maximum absolute atomic E-state index is 11.6. The molecular weight excluding hydrogens is 228 g/mol. The van der Waals surface area contributed by atoms with Crippen LogP contribution in [0.5, 0.6) is 0 Å². The molecule has 0 bridgehead atoms. The van der Waals surface area contributed by atoms with Gasteiger partial charge in [0.1, 0.15) is 0 Å². The second kappa shape index (κ2) is 7.09. The zero-order valence-electron chi connectivity index (χ0n) is 9.61. The lowest BCUT2D eigenvalue weighted by atomic mass is 10.2. The van der Waals surface area contributed by atoms with E-state index in [1.54, 1.807) is 0 Å². The molecule has 0 aromatic heterocycles. The lowest BCUT2D eigenvalue weighted by Gasteiger charge is -2.16. The van der Waals surface area contributed by atoms with Gasteiger partial charge in [0.2, 0.25) is 5.91 Å². The van der Waals surface area contributed by atoms with Gasteiger partial charge in [0.25, 0.3) is 0 Å². The van der Waals surface area contributed by atoms with E-state index in [0.717, 1.165) is 51.9 Å². The highest BCUT2D eigenvalue weighted by Gasteiger charge is 2.19. The van der Waals surface area contributed by atoms with Crippen molar-refractivity contribution in [1.29, 1.82) is 0 Å². The van der Waals surface area contributed by atoms with Gasteiger partial charge in [0.05, 0.1) is 12.6 Å². The molecule has 0 aromatic rings. The molecule has 2 aliphatic rings. The normalized spacial score (nSPS) is 24.5. The largest absolute Gasteiger partial charge is 0.377 e. The third-order valence-corrected chi connectivity index (χ3v) is 3.13. The predicted molar refractivity (Wildman–Crippen MR) is 64.9 cm³/mol. The molecule has 1 amide bonds. The van der Waals surface area contributed by atoms with Crippen LogP contribution in [0, 0.1) is 0 Å². The van der Waals surface area contributed by atoms with Crippen molar-refractivity contribution < 1.29 is 9.53 Å². The molecule has 1 N–H and O–H groups in total. The van der Waals surface area contributed by atoms with Gasteiger partial charge in [-0.05, 0) is 25.7 Å². The van der Waals surface area contributed by atoms with Crippen LogP contribution < -0.4 is 5.32 Å². The van der Waals surface area contributed by atoms with Gasteiger partial charge < -0.3 is 15.0 Å². The third-order valence-electron chi connectivity index (χ3n) is 3.13. The summed E-state index contributed by atoms with van der Waals surface area (Å²) < 4.78 is 5.47. The van der Waals surface area contributed by atoms with Gasteiger partial charge in [-0.1, -0.05) is 0 Å². The highest BCUT2D eigenvalue weighted by atomic mass is 35.5. The Morgan fingerprint density at radius 1 is 1.31 bits per heavy atom. The number of carbonyl (C=O) groups is 1. The summed E-state index contributed by atoms with van der Waals surface area (Å²) in [5, 5.41) is 3.19. The number of halogens is 1. The molecule has 1 unspecified atom stereocenters. The van der Waals surface area contributed by atoms with E-state index in [1.165, 1.54) is 0 Å². The number of hydrogen-bond donors (Lipinski definition) is 1. The number of nitrogens with one attached hydrogen (secondary N) is 1. The molecule has 0 saturated carbocycles. The van der Waals surface area contributed by atoms with Crippen molar-refractivity contribution in [1.82, 2.24) is 10.2 Å². The topological polar surface area (TPSA) is 41.6 Å². The summed E-state index contributed by atoms with van der Waals surface area (Å²) in [4.78, 5) is 13.6. The Labute approximate surface area is 103 Å². The number of likely N-dealkylation sites (tertiary alicyclic amines) is 1. The molecule has 0 aliphatic carbocycles. The van der Waals surface area contributed by atoms with Crippen molar-refractivity contribution in [2.75, 3.05) is 32.8 Å². The smallest absolute Gasteiger partial charge is 0.236 e. The van der Waals surface area contributed by atoms with E-state index in [1.807, 2.05) is 4.90 Å². The van der Waals surface area contributed by atoms with Crippen LogP contribution in [-0.4, -0.2) is 49.7 Å². The minimum absolute atomic E-state index is 0. The minimum atomic E-state index is 0. The Kier molecular flexibility index (Phi) is 6.09. The van der Waals surface area contributed by atoms with Crippen LogP contribution in [0.3, 0.4) is 0 Å². The van der Waals surface area contributed by atoms with E-state index < -0.39 is 0 Å². The van der Waals surface area contributed by atoms with E-state index >= 15 is 0 Å². The number of ether oxygens (including phenoxy) is 1. The standard InChI is InChI=1S/C11H20N2O2.ClH/c14-11(13-5-1-2-6-13)9-12-8-10-4-3-7-15-10;/h10,12H,1-9H2;1H. The van der Waals surface area contributed by atoms with Gasteiger partial charge in [-0.25, -0.2) is 0 Å². The Morgan fingerprint density at radius 3 is 2.69 bits per heavy atom. The highest BCUT2D eigenvalue weighted by molar-refractivity contribution is 5.85. The summed E-state index contributed by atoms with van der Waals surface area (Å²) in [6.07, 6.45) is 4.95. The summed E-state index contributed by atoms with van der Waals surface area (Å²) in [5.74, 6) is 0.241. The summed E-state index contributed by atoms with van der Waals surface area (Å²) in [6.45, 7) is 4.06. The molecule has 1 atom stereocenters. The summed E-state index contributed by atoms with van der Waals surface area (Å²) in [7, 11) is 0. The first-order chi connectivity index (χ1) is 7.36. The molecule has 0 radical (unpaired) electrons. The molecular formula is C11H21ClN2O2. The van der Waals surface area contributed by atoms with Crippen LogP contribution in [0.4, 0.5) is 0 Å². The summed E-state index contributed by atoms with van der Waals surface area (Å²) in [6, 6.07) is 0. The Hall–Kier alpha value is -0.320. The van der Waals surface area contributed by atoms with Crippen LogP contribution >= 0.6 is 12.4 Å². The second-order valence-corrected chi connectivity index (χ2v) is 4.35. The number of hydrogen-bond acceptors (Lipinski definition) is 3. The quantitative estimate of drug-likeness (QED) is 0.800. The van der Waals surface area contributed by atoms with E-state index in [2.05, 4.69) is 5.32 Å². The molecule has 16 heavy (non-hydrogen) atoms. The first kappa shape index (κ1) is 13.7. The first-order valence-corrected chi connectivity index (χ1v) is 5.96. The van der Waals surface area contributed by atoms with E-state index in [9.17, 15) is 4.79 Å². The molecule has 0 spiro atoms. The average Bonchev–Trinajstić information content (AvgIpc) is 2.90. The fourth-order valence-electron chi connectivity index (χ4n) is 2.22. The number of amides is 1. The van der Waals surface area contributed by atoms with Crippen molar-refractivity contribution in [3.05, 3.63) is 0 Å². The first-order valence-electron chi connectivity index (χ1n) is 5.96. The fraction of sp³-hybridized carbons (Fsp3) is 0.909. The monoisotopic (exact) mass is 248 g/mol. The molecule has 2 rings (SSSR count). The molecule has 5 heteroatoms.